The molecule has 21 heavy (non-hydrogen) atoms. The Morgan fingerprint density at radius 3 is 2.62 bits per heavy atom. The molecule has 0 aliphatic heterocycles. The molecule has 0 fully saturated rings. The minimum absolute atomic E-state index is 0.213. The molecular weight excluding hydrogens is 260 g/mol. The molecule has 1 N–H and O–H groups in total. The number of phenols is 1. The Morgan fingerprint density at radius 2 is 1.86 bits per heavy atom. The van der Waals surface area contributed by atoms with Crippen LogP contribution in [0.2, 0.25) is 0 Å². The molecule has 108 valence electrons. The van der Waals surface area contributed by atoms with Gasteiger partial charge in [0.2, 0.25) is 0 Å². The van der Waals surface area contributed by atoms with Gasteiger partial charge in [-0.3, -0.25) is 4.79 Å². The van der Waals surface area contributed by atoms with Crippen molar-refractivity contribution in [3.05, 3.63) is 64.7 Å². The Balaban J connectivity index is 1.95. The summed E-state index contributed by atoms with van der Waals surface area (Å²) in [5, 5.41) is 10.2. The Hall–Kier alpha value is -2.09. The van der Waals surface area contributed by atoms with E-state index in [9.17, 15) is 9.90 Å². The standard InChI is InChI=1S/C19H20O2/c1-13(14-6-3-2-4-7-14)12-17-15-8-5-9-18(20)16(15)10-11-19(17)21/h2-4,6-7,10-11,13,21H,5,8-9,12H2,1H3. The van der Waals surface area contributed by atoms with E-state index in [-0.39, 0.29) is 5.78 Å². The number of ketones is 1. The molecule has 1 aliphatic rings. The fraction of sp³-hybridized carbons (Fsp3) is 0.316. The highest BCUT2D eigenvalue weighted by Gasteiger charge is 2.23. The maximum Gasteiger partial charge on any atom is 0.163 e. The molecule has 1 aliphatic carbocycles. The second kappa shape index (κ2) is 5.72. The van der Waals surface area contributed by atoms with E-state index in [0.29, 0.717) is 18.1 Å². The van der Waals surface area contributed by atoms with Gasteiger partial charge in [-0.25, -0.2) is 0 Å². The van der Waals surface area contributed by atoms with Crippen molar-refractivity contribution in [3.8, 4) is 5.75 Å². The van der Waals surface area contributed by atoms with Gasteiger partial charge in [-0.05, 0) is 54.0 Å². The smallest absolute Gasteiger partial charge is 0.163 e. The van der Waals surface area contributed by atoms with Gasteiger partial charge < -0.3 is 5.11 Å². The maximum absolute atomic E-state index is 12.0. The summed E-state index contributed by atoms with van der Waals surface area (Å²) in [6.07, 6.45) is 3.19. The molecule has 0 bridgehead atoms. The van der Waals surface area contributed by atoms with Gasteiger partial charge in [0, 0.05) is 12.0 Å². The monoisotopic (exact) mass is 280 g/mol. The molecular formula is C19H20O2. The zero-order chi connectivity index (χ0) is 14.8. The van der Waals surface area contributed by atoms with Crippen molar-refractivity contribution in [1.29, 1.82) is 0 Å². The van der Waals surface area contributed by atoms with Crippen molar-refractivity contribution in [2.45, 2.75) is 38.5 Å². The molecule has 0 saturated carbocycles. The van der Waals surface area contributed by atoms with E-state index >= 15 is 0 Å². The summed E-state index contributed by atoms with van der Waals surface area (Å²) in [5.41, 5.74) is 4.09. The predicted molar refractivity (Wildman–Crippen MR) is 83.9 cm³/mol. The lowest BCUT2D eigenvalue weighted by Gasteiger charge is -2.21. The Kier molecular flexibility index (Phi) is 3.78. The summed E-state index contributed by atoms with van der Waals surface area (Å²) >= 11 is 0. The predicted octanol–water partition coefficient (Wildman–Crippen LogP) is 4.26. The first kappa shape index (κ1) is 13.9. The largest absolute Gasteiger partial charge is 0.508 e. The minimum Gasteiger partial charge on any atom is -0.508 e. The number of hydrogen-bond acceptors (Lipinski definition) is 2. The first-order chi connectivity index (χ1) is 10.2. The average molecular weight is 280 g/mol. The number of hydrogen-bond donors (Lipinski definition) is 1. The number of carbonyl (C=O) groups excluding carboxylic acids is 1. The summed E-state index contributed by atoms with van der Waals surface area (Å²) in [4.78, 5) is 12.0. The van der Waals surface area contributed by atoms with Gasteiger partial charge in [0.1, 0.15) is 5.75 Å². The summed E-state index contributed by atoms with van der Waals surface area (Å²) in [5.74, 6) is 0.858. The average Bonchev–Trinajstić information content (AvgIpc) is 2.51. The zero-order valence-corrected chi connectivity index (χ0v) is 12.3. The first-order valence-corrected chi connectivity index (χ1v) is 7.58. The number of aromatic hydroxyl groups is 1. The lowest BCUT2D eigenvalue weighted by atomic mass is 9.83. The molecule has 0 amide bonds. The fourth-order valence-electron chi connectivity index (χ4n) is 3.22. The molecule has 3 rings (SSSR count). The van der Waals surface area contributed by atoms with E-state index in [1.807, 2.05) is 18.2 Å². The van der Waals surface area contributed by atoms with Crippen LogP contribution in [-0.2, 0) is 12.8 Å². The Labute approximate surface area is 125 Å². The van der Waals surface area contributed by atoms with Gasteiger partial charge in [0.25, 0.3) is 0 Å². The zero-order valence-electron chi connectivity index (χ0n) is 12.3. The number of fused-ring (bicyclic) bond motifs is 1. The maximum atomic E-state index is 12.0. The molecule has 0 aromatic heterocycles. The van der Waals surface area contributed by atoms with Gasteiger partial charge in [-0.1, -0.05) is 37.3 Å². The molecule has 0 spiro atoms. The van der Waals surface area contributed by atoms with Gasteiger partial charge in [-0.15, -0.1) is 0 Å². The van der Waals surface area contributed by atoms with Crippen LogP contribution < -0.4 is 0 Å². The van der Waals surface area contributed by atoms with E-state index in [4.69, 9.17) is 0 Å². The molecule has 0 saturated heterocycles. The van der Waals surface area contributed by atoms with E-state index in [1.54, 1.807) is 12.1 Å². The van der Waals surface area contributed by atoms with Gasteiger partial charge >= 0.3 is 0 Å². The summed E-state index contributed by atoms with van der Waals surface area (Å²) in [6.45, 7) is 2.17. The van der Waals surface area contributed by atoms with Crippen molar-refractivity contribution in [3.63, 3.8) is 0 Å². The molecule has 1 unspecified atom stereocenters. The van der Waals surface area contributed by atoms with Crippen molar-refractivity contribution in [2.24, 2.45) is 0 Å². The van der Waals surface area contributed by atoms with E-state index in [0.717, 1.165) is 36.0 Å². The number of phenolic OH excluding ortho intramolecular Hbond substituents is 1. The normalized spacial score (nSPS) is 15.6. The van der Waals surface area contributed by atoms with Crippen LogP contribution in [0, 0.1) is 0 Å². The van der Waals surface area contributed by atoms with Crippen molar-refractivity contribution in [1.82, 2.24) is 0 Å². The van der Waals surface area contributed by atoms with Crippen LogP contribution in [0.15, 0.2) is 42.5 Å². The third kappa shape index (κ3) is 2.71. The topological polar surface area (TPSA) is 37.3 Å². The van der Waals surface area contributed by atoms with Crippen LogP contribution in [0.5, 0.6) is 5.75 Å². The number of rotatable bonds is 3. The molecule has 2 heteroatoms. The SMILES string of the molecule is CC(Cc1c(O)ccc2c1CCCC2=O)c1ccccc1. The third-order valence-corrected chi connectivity index (χ3v) is 4.42. The number of benzene rings is 2. The summed E-state index contributed by atoms with van der Waals surface area (Å²) < 4.78 is 0. The minimum atomic E-state index is 0.213. The van der Waals surface area contributed by atoms with Crippen molar-refractivity contribution in [2.75, 3.05) is 0 Å². The van der Waals surface area contributed by atoms with Crippen LogP contribution in [0.25, 0.3) is 0 Å². The first-order valence-electron chi connectivity index (χ1n) is 7.58. The summed E-state index contributed by atoms with van der Waals surface area (Å²) in [6, 6.07) is 13.8. The van der Waals surface area contributed by atoms with Crippen LogP contribution in [0.1, 0.15) is 52.7 Å². The number of carbonyl (C=O) groups is 1. The van der Waals surface area contributed by atoms with E-state index in [1.165, 1.54) is 5.56 Å². The quantitative estimate of drug-likeness (QED) is 0.912. The Bertz CT molecular complexity index is 659. The molecule has 1 atom stereocenters. The Morgan fingerprint density at radius 1 is 1.10 bits per heavy atom. The number of Topliss-reactive ketones (excluding diaryl/α,β-unsaturated/α-hetero) is 1. The molecule has 2 aromatic rings. The van der Waals surface area contributed by atoms with Crippen LogP contribution in [-0.4, -0.2) is 10.9 Å². The highest BCUT2D eigenvalue weighted by Crippen LogP contribution is 2.34. The van der Waals surface area contributed by atoms with Crippen molar-refractivity contribution >= 4 is 5.78 Å². The van der Waals surface area contributed by atoms with Gasteiger partial charge in [-0.2, -0.15) is 0 Å². The second-order valence-corrected chi connectivity index (χ2v) is 5.88. The molecule has 2 aromatic carbocycles. The van der Waals surface area contributed by atoms with Gasteiger partial charge in [0.05, 0.1) is 0 Å². The van der Waals surface area contributed by atoms with Crippen molar-refractivity contribution < 1.29 is 9.90 Å². The van der Waals surface area contributed by atoms with E-state index < -0.39 is 0 Å². The fourth-order valence-corrected chi connectivity index (χ4v) is 3.22. The van der Waals surface area contributed by atoms with Crippen LogP contribution >= 0.6 is 0 Å². The highest BCUT2D eigenvalue weighted by atomic mass is 16.3. The lowest BCUT2D eigenvalue weighted by molar-refractivity contribution is 0.0972. The third-order valence-electron chi connectivity index (χ3n) is 4.42. The molecule has 2 nitrogen and oxygen atoms in total. The van der Waals surface area contributed by atoms with Crippen LogP contribution in [0.4, 0.5) is 0 Å². The van der Waals surface area contributed by atoms with Gasteiger partial charge in [0.15, 0.2) is 5.78 Å². The molecule has 0 radical (unpaired) electrons. The second-order valence-electron chi connectivity index (χ2n) is 5.88. The summed E-state index contributed by atoms with van der Waals surface area (Å²) in [7, 11) is 0. The molecule has 0 heterocycles. The van der Waals surface area contributed by atoms with E-state index in [2.05, 4.69) is 19.1 Å². The lowest BCUT2D eigenvalue weighted by Crippen LogP contribution is -2.14. The highest BCUT2D eigenvalue weighted by molar-refractivity contribution is 5.99. The van der Waals surface area contributed by atoms with Crippen LogP contribution in [0.3, 0.4) is 0 Å².